The van der Waals surface area contributed by atoms with E-state index in [0.717, 1.165) is 26.2 Å². The molecule has 0 saturated carbocycles. The summed E-state index contributed by atoms with van der Waals surface area (Å²) in [5, 5.41) is 4.71. The zero-order chi connectivity index (χ0) is 10.8. The lowest BCUT2D eigenvalue weighted by Gasteiger charge is -2.34. The van der Waals surface area contributed by atoms with Crippen LogP contribution in [-0.4, -0.2) is 36.3 Å². The standard InChI is InChI=1S/C11H27N3/c1-5-9-13(10-6-2)14(11-7-3)12-8-4/h12H,5-11H2,1-4H3. The molecule has 0 heterocycles. The predicted octanol–water partition coefficient (Wildman–Crippen LogP) is 2.26. The molecule has 0 unspecified atom stereocenters. The van der Waals surface area contributed by atoms with Crippen LogP contribution in [0.25, 0.3) is 0 Å². The summed E-state index contributed by atoms with van der Waals surface area (Å²) in [5.41, 5.74) is 3.41. The second-order valence-corrected chi connectivity index (χ2v) is 3.59. The molecule has 0 atom stereocenters. The number of nitrogens with zero attached hydrogens (tertiary/aromatic N) is 2. The first kappa shape index (κ1) is 13.9. The SMILES string of the molecule is CCCN(CCC)N(CCC)NCC. The van der Waals surface area contributed by atoms with E-state index >= 15 is 0 Å². The van der Waals surface area contributed by atoms with Gasteiger partial charge in [-0.2, -0.15) is 5.12 Å². The minimum Gasteiger partial charge on any atom is -0.242 e. The van der Waals surface area contributed by atoms with Gasteiger partial charge in [0, 0.05) is 26.2 Å². The van der Waals surface area contributed by atoms with Crippen molar-refractivity contribution in [3.05, 3.63) is 0 Å². The van der Waals surface area contributed by atoms with Gasteiger partial charge in [0.15, 0.2) is 0 Å². The maximum Gasteiger partial charge on any atom is 0.0288 e. The molecule has 14 heavy (non-hydrogen) atoms. The van der Waals surface area contributed by atoms with Crippen LogP contribution in [0.4, 0.5) is 0 Å². The van der Waals surface area contributed by atoms with Crippen molar-refractivity contribution in [2.24, 2.45) is 0 Å². The van der Waals surface area contributed by atoms with Crippen LogP contribution in [0.1, 0.15) is 47.0 Å². The fourth-order valence-electron chi connectivity index (χ4n) is 1.58. The van der Waals surface area contributed by atoms with Gasteiger partial charge in [0.2, 0.25) is 0 Å². The molecule has 3 heteroatoms. The van der Waals surface area contributed by atoms with Gasteiger partial charge in [-0.15, -0.1) is 0 Å². The van der Waals surface area contributed by atoms with Crippen LogP contribution in [0.5, 0.6) is 0 Å². The number of hydrazine groups is 2. The highest BCUT2D eigenvalue weighted by Crippen LogP contribution is 1.99. The van der Waals surface area contributed by atoms with Gasteiger partial charge in [0.1, 0.15) is 0 Å². The highest BCUT2D eigenvalue weighted by molar-refractivity contribution is 4.53. The summed E-state index contributed by atoms with van der Waals surface area (Å²) >= 11 is 0. The van der Waals surface area contributed by atoms with Gasteiger partial charge in [-0.25, -0.2) is 10.4 Å². The summed E-state index contributed by atoms with van der Waals surface area (Å²) in [6, 6.07) is 0. The van der Waals surface area contributed by atoms with E-state index in [2.05, 4.69) is 43.2 Å². The Morgan fingerprint density at radius 3 is 1.64 bits per heavy atom. The van der Waals surface area contributed by atoms with Gasteiger partial charge >= 0.3 is 0 Å². The average Bonchev–Trinajstić information content (AvgIpc) is 2.17. The second kappa shape index (κ2) is 9.44. The number of hydrogen-bond acceptors (Lipinski definition) is 3. The number of rotatable bonds is 9. The van der Waals surface area contributed by atoms with E-state index in [1.807, 2.05) is 0 Å². The summed E-state index contributed by atoms with van der Waals surface area (Å²) in [6.45, 7) is 13.3. The number of nitrogens with one attached hydrogen (secondary N) is 1. The minimum absolute atomic E-state index is 1.00. The maximum absolute atomic E-state index is 3.41. The van der Waals surface area contributed by atoms with Crippen molar-refractivity contribution in [3.8, 4) is 0 Å². The zero-order valence-corrected chi connectivity index (χ0v) is 10.3. The Balaban J connectivity index is 4.06. The van der Waals surface area contributed by atoms with Crippen molar-refractivity contribution in [2.45, 2.75) is 47.0 Å². The van der Waals surface area contributed by atoms with Gasteiger partial charge < -0.3 is 0 Å². The van der Waals surface area contributed by atoms with Crippen molar-refractivity contribution in [2.75, 3.05) is 26.2 Å². The van der Waals surface area contributed by atoms with Crippen LogP contribution in [-0.2, 0) is 0 Å². The highest BCUT2D eigenvalue weighted by atomic mass is 15.8. The van der Waals surface area contributed by atoms with Gasteiger partial charge in [-0.1, -0.05) is 27.7 Å². The molecule has 0 aliphatic rings. The fraction of sp³-hybridized carbons (Fsp3) is 1.00. The topological polar surface area (TPSA) is 18.5 Å². The summed E-state index contributed by atoms with van der Waals surface area (Å²) in [7, 11) is 0. The molecule has 0 rings (SSSR count). The van der Waals surface area contributed by atoms with Crippen molar-refractivity contribution >= 4 is 0 Å². The van der Waals surface area contributed by atoms with E-state index in [1.165, 1.54) is 19.3 Å². The van der Waals surface area contributed by atoms with Crippen LogP contribution >= 0.6 is 0 Å². The van der Waals surface area contributed by atoms with Crippen molar-refractivity contribution in [1.29, 1.82) is 0 Å². The zero-order valence-electron chi connectivity index (χ0n) is 10.3. The first-order valence-electron chi connectivity index (χ1n) is 6.05. The Morgan fingerprint density at radius 1 is 0.786 bits per heavy atom. The fourth-order valence-corrected chi connectivity index (χ4v) is 1.58. The molecule has 0 radical (unpaired) electrons. The molecule has 0 bridgehead atoms. The van der Waals surface area contributed by atoms with Crippen LogP contribution in [0.2, 0.25) is 0 Å². The Kier molecular flexibility index (Phi) is 9.35. The van der Waals surface area contributed by atoms with E-state index < -0.39 is 0 Å². The molecule has 0 amide bonds. The molecule has 0 aromatic carbocycles. The molecule has 0 spiro atoms. The molecule has 1 N–H and O–H groups in total. The van der Waals surface area contributed by atoms with Crippen molar-refractivity contribution < 1.29 is 0 Å². The quantitative estimate of drug-likeness (QED) is 0.577. The molecular weight excluding hydrogens is 174 g/mol. The highest BCUT2D eigenvalue weighted by Gasteiger charge is 2.11. The van der Waals surface area contributed by atoms with E-state index in [4.69, 9.17) is 0 Å². The minimum atomic E-state index is 1.00. The van der Waals surface area contributed by atoms with Crippen LogP contribution in [0.15, 0.2) is 0 Å². The third-order valence-corrected chi connectivity index (χ3v) is 2.08. The monoisotopic (exact) mass is 201 g/mol. The Bertz CT molecular complexity index is 91.1. The average molecular weight is 201 g/mol. The molecule has 0 aromatic heterocycles. The van der Waals surface area contributed by atoms with Gasteiger partial charge in [0.05, 0.1) is 0 Å². The third kappa shape index (κ3) is 5.58. The summed E-state index contributed by atoms with van der Waals surface area (Å²) in [6.07, 6.45) is 3.62. The molecule has 86 valence electrons. The van der Waals surface area contributed by atoms with Gasteiger partial charge in [0.25, 0.3) is 0 Å². The van der Waals surface area contributed by atoms with E-state index in [0.29, 0.717) is 0 Å². The molecule has 3 nitrogen and oxygen atoms in total. The molecule has 0 fully saturated rings. The molecule has 0 aliphatic carbocycles. The second-order valence-electron chi connectivity index (χ2n) is 3.59. The largest absolute Gasteiger partial charge is 0.242 e. The van der Waals surface area contributed by atoms with Gasteiger partial charge in [-0.3, -0.25) is 0 Å². The first-order chi connectivity index (χ1) is 6.79. The molecular formula is C11H27N3. The van der Waals surface area contributed by atoms with E-state index in [1.54, 1.807) is 0 Å². The summed E-state index contributed by atoms with van der Waals surface area (Å²) in [4.78, 5) is 0. The lowest BCUT2D eigenvalue weighted by molar-refractivity contribution is -0.0688. The summed E-state index contributed by atoms with van der Waals surface area (Å²) in [5.74, 6) is 0. The lowest BCUT2D eigenvalue weighted by Crippen LogP contribution is -2.51. The van der Waals surface area contributed by atoms with E-state index in [9.17, 15) is 0 Å². The molecule has 0 saturated heterocycles. The normalized spacial score (nSPS) is 11.6. The van der Waals surface area contributed by atoms with Gasteiger partial charge in [-0.05, 0) is 19.3 Å². The van der Waals surface area contributed by atoms with Crippen molar-refractivity contribution in [3.63, 3.8) is 0 Å². The van der Waals surface area contributed by atoms with Crippen LogP contribution < -0.4 is 5.43 Å². The van der Waals surface area contributed by atoms with E-state index in [-0.39, 0.29) is 0 Å². The Labute approximate surface area is 89.4 Å². The smallest absolute Gasteiger partial charge is 0.0288 e. The van der Waals surface area contributed by atoms with Crippen LogP contribution in [0.3, 0.4) is 0 Å². The Morgan fingerprint density at radius 2 is 1.29 bits per heavy atom. The lowest BCUT2D eigenvalue weighted by atomic mass is 10.4. The maximum atomic E-state index is 3.41. The first-order valence-corrected chi connectivity index (χ1v) is 6.05. The van der Waals surface area contributed by atoms with Crippen molar-refractivity contribution in [1.82, 2.24) is 15.6 Å². The summed E-state index contributed by atoms with van der Waals surface area (Å²) < 4.78 is 0. The van der Waals surface area contributed by atoms with Crippen LogP contribution in [0, 0.1) is 0 Å². The molecule has 0 aliphatic heterocycles. The number of hydrogen-bond donors (Lipinski definition) is 1. The Hall–Kier alpha value is -0.120. The third-order valence-electron chi connectivity index (χ3n) is 2.08. The predicted molar refractivity (Wildman–Crippen MR) is 62.8 cm³/mol. The molecule has 0 aromatic rings.